The summed E-state index contributed by atoms with van der Waals surface area (Å²) >= 11 is 0. The van der Waals surface area contributed by atoms with Crippen molar-refractivity contribution >= 4 is 5.91 Å². The summed E-state index contributed by atoms with van der Waals surface area (Å²) < 4.78 is 0. The Hall–Kier alpha value is -0.570. The van der Waals surface area contributed by atoms with E-state index >= 15 is 0 Å². The zero-order valence-electron chi connectivity index (χ0n) is 11.5. The molecule has 3 heteroatoms. The van der Waals surface area contributed by atoms with Crippen molar-refractivity contribution < 1.29 is 4.79 Å². The third-order valence-electron chi connectivity index (χ3n) is 5.51. The van der Waals surface area contributed by atoms with E-state index < -0.39 is 0 Å². The van der Waals surface area contributed by atoms with Gasteiger partial charge in [0.25, 0.3) is 0 Å². The molecule has 0 spiro atoms. The number of fused-ring (bicyclic) bond motifs is 1. The van der Waals surface area contributed by atoms with Crippen LogP contribution >= 0.6 is 0 Å². The lowest BCUT2D eigenvalue weighted by molar-refractivity contribution is -0.124. The average molecular weight is 250 g/mol. The maximum atomic E-state index is 12.4. The van der Waals surface area contributed by atoms with Gasteiger partial charge in [-0.25, -0.2) is 0 Å². The van der Waals surface area contributed by atoms with Crippen molar-refractivity contribution in [1.82, 2.24) is 10.6 Å². The van der Waals surface area contributed by atoms with Crippen molar-refractivity contribution in [2.24, 2.45) is 17.8 Å². The molecule has 3 rings (SSSR count). The summed E-state index contributed by atoms with van der Waals surface area (Å²) in [6, 6.07) is 0.462. The maximum Gasteiger partial charge on any atom is 0.237 e. The molecule has 4 atom stereocenters. The molecule has 0 aromatic rings. The molecule has 3 nitrogen and oxygen atoms in total. The normalized spacial score (nSPS) is 37.7. The molecule has 2 N–H and O–H groups in total. The van der Waals surface area contributed by atoms with Crippen LogP contribution in [0.4, 0.5) is 0 Å². The maximum absolute atomic E-state index is 12.4. The molecule has 1 saturated heterocycles. The molecule has 0 bridgehead atoms. The molecule has 0 radical (unpaired) electrons. The van der Waals surface area contributed by atoms with Gasteiger partial charge in [0, 0.05) is 6.04 Å². The van der Waals surface area contributed by atoms with E-state index in [1.54, 1.807) is 0 Å². The van der Waals surface area contributed by atoms with E-state index in [0.717, 1.165) is 18.4 Å². The Bertz CT molecular complexity index is 312. The molecular weight excluding hydrogens is 224 g/mol. The lowest BCUT2D eigenvalue weighted by Gasteiger charge is -2.24. The Labute approximate surface area is 110 Å². The SMILES string of the molecule is C[C@@H](NC(=O)C1NCC2CCCC21)C1CCCC1. The standard InChI is InChI=1S/C15H26N2O/c1-10(11-5-2-3-6-11)17-15(18)14-13-8-4-7-12(13)9-16-14/h10-14,16H,2-9H2,1H3,(H,17,18)/t10-,12?,13?,14?/m1/s1. The largest absolute Gasteiger partial charge is 0.352 e. The summed E-state index contributed by atoms with van der Waals surface area (Å²) in [7, 11) is 0. The van der Waals surface area contributed by atoms with Crippen molar-refractivity contribution in [2.75, 3.05) is 6.54 Å². The molecular formula is C15H26N2O. The van der Waals surface area contributed by atoms with Crippen LogP contribution < -0.4 is 10.6 Å². The Morgan fingerprint density at radius 3 is 2.72 bits per heavy atom. The van der Waals surface area contributed by atoms with E-state index in [-0.39, 0.29) is 11.9 Å². The molecule has 2 saturated carbocycles. The van der Waals surface area contributed by atoms with Crippen LogP contribution in [0.25, 0.3) is 0 Å². The van der Waals surface area contributed by atoms with Crippen LogP contribution in [0.3, 0.4) is 0 Å². The second kappa shape index (κ2) is 5.20. The quantitative estimate of drug-likeness (QED) is 0.805. The third-order valence-corrected chi connectivity index (χ3v) is 5.51. The van der Waals surface area contributed by atoms with Gasteiger partial charge in [0.2, 0.25) is 5.91 Å². The first-order valence-electron chi connectivity index (χ1n) is 7.79. The molecule has 3 aliphatic rings. The minimum absolute atomic E-state index is 0.0985. The molecule has 1 heterocycles. The van der Waals surface area contributed by atoms with Crippen molar-refractivity contribution in [3.8, 4) is 0 Å². The first-order valence-corrected chi connectivity index (χ1v) is 7.79. The molecule has 102 valence electrons. The van der Waals surface area contributed by atoms with Gasteiger partial charge in [0.15, 0.2) is 0 Å². The van der Waals surface area contributed by atoms with Gasteiger partial charge in [-0.05, 0) is 56.9 Å². The highest BCUT2D eigenvalue weighted by Crippen LogP contribution is 2.37. The van der Waals surface area contributed by atoms with Crippen molar-refractivity contribution in [3.63, 3.8) is 0 Å². The predicted octanol–water partition coefficient (Wildman–Crippen LogP) is 2.07. The highest BCUT2D eigenvalue weighted by molar-refractivity contribution is 5.82. The highest BCUT2D eigenvalue weighted by Gasteiger charge is 2.42. The lowest BCUT2D eigenvalue weighted by Crippen LogP contribution is -2.48. The summed E-state index contributed by atoms with van der Waals surface area (Å²) in [5.74, 6) is 2.36. The van der Waals surface area contributed by atoms with Crippen molar-refractivity contribution in [3.05, 3.63) is 0 Å². The van der Waals surface area contributed by atoms with Crippen LogP contribution in [-0.4, -0.2) is 24.5 Å². The van der Waals surface area contributed by atoms with E-state index in [1.807, 2.05) is 0 Å². The van der Waals surface area contributed by atoms with Crippen LogP contribution in [0.2, 0.25) is 0 Å². The van der Waals surface area contributed by atoms with Gasteiger partial charge in [0.05, 0.1) is 6.04 Å². The summed E-state index contributed by atoms with van der Waals surface area (Å²) in [6.45, 7) is 3.25. The van der Waals surface area contributed by atoms with E-state index in [9.17, 15) is 4.79 Å². The van der Waals surface area contributed by atoms with Crippen LogP contribution in [-0.2, 0) is 4.79 Å². The van der Waals surface area contributed by atoms with Gasteiger partial charge in [-0.2, -0.15) is 0 Å². The van der Waals surface area contributed by atoms with Crippen molar-refractivity contribution in [2.45, 2.75) is 64.0 Å². The van der Waals surface area contributed by atoms with Gasteiger partial charge >= 0.3 is 0 Å². The number of hydrogen-bond acceptors (Lipinski definition) is 2. The number of nitrogens with one attached hydrogen (secondary N) is 2. The number of carbonyl (C=O) groups excluding carboxylic acids is 1. The van der Waals surface area contributed by atoms with Gasteiger partial charge in [-0.3, -0.25) is 4.79 Å². The smallest absolute Gasteiger partial charge is 0.237 e. The molecule has 0 aromatic heterocycles. The monoisotopic (exact) mass is 250 g/mol. The minimum atomic E-state index is 0.0985. The Morgan fingerprint density at radius 1 is 1.17 bits per heavy atom. The molecule has 3 fully saturated rings. The fourth-order valence-electron chi connectivity index (χ4n) is 4.36. The van der Waals surface area contributed by atoms with E-state index in [2.05, 4.69) is 17.6 Å². The van der Waals surface area contributed by atoms with Crippen LogP contribution in [0.15, 0.2) is 0 Å². The molecule has 1 aliphatic heterocycles. The molecule has 0 aromatic carbocycles. The van der Waals surface area contributed by atoms with E-state index in [4.69, 9.17) is 0 Å². The molecule has 18 heavy (non-hydrogen) atoms. The Morgan fingerprint density at radius 2 is 1.94 bits per heavy atom. The fourth-order valence-corrected chi connectivity index (χ4v) is 4.36. The van der Waals surface area contributed by atoms with Crippen LogP contribution in [0.1, 0.15) is 51.9 Å². The zero-order valence-corrected chi connectivity index (χ0v) is 11.5. The first-order chi connectivity index (χ1) is 8.75. The fraction of sp³-hybridized carbons (Fsp3) is 0.933. The Kier molecular flexibility index (Phi) is 3.60. The zero-order chi connectivity index (χ0) is 12.5. The molecule has 3 unspecified atom stereocenters. The number of hydrogen-bond donors (Lipinski definition) is 2. The van der Waals surface area contributed by atoms with Crippen molar-refractivity contribution in [1.29, 1.82) is 0 Å². The van der Waals surface area contributed by atoms with Crippen LogP contribution in [0.5, 0.6) is 0 Å². The first kappa shape index (κ1) is 12.5. The predicted molar refractivity (Wildman–Crippen MR) is 72.2 cm³/mol. The lowest BCUT2D eigenvalue weighted by atomic mass is 9.93. The summed E-state index contributed by atoms with van der Waals surface area (Å²) in [6.07, 6.45) is 9.16. The third kappa shape index (κ3) is 2.29. The number of rotatable bonds is 3. The number of carbonyl (C=O) groups is 1. The van der Waals surface area contributed by atoms with Gasteiger partial charge in [-0.15, -0.1) is 0 Å². The summed E-state index contributed by atoms with van der Waals surface area (Å²) in [5, 5.41) is 6.72. The second-order valence-electron chi connectivity index (χ2n) is 6.58. The topological polar surface area (TPSA) is 41.1 Å². The summed E-state index contributed by atoms with van der Waals surface area (Å²) in [4.78, 5) is 12.4. The van der Waals surface area contributed by atoms with E-state index in [1.165, 1.54) is 44.9 Å². The van der Waals surface area contributed by atoms with Crippen LogP contribution in [0, 0.1) is 17.8 Å². The van der Waals surface area contributed by atoms with Gasteiger partial charge in [-0.1, -0.05) is 19.3 Å². The van der Waals surface area contributed by atoms with Gasteiger partial charge in [0.1, 0.15) is 0 Å². The molecule has 1 amide bonds. The average Bonchev–Trinajstić information content (AvgIpc) is 3.06. The Balaban J connectivity index is 1.54. The number of amides is 1. The van der Waals surface area contributed by atoms with Gasteiger partial charge < -0.3 is 10.6 Å². The summed E-state index contributed by atoms with van der Waals surface area (Å²) in [5.41, 5.74) is 0. The molecule has 2 aliphatic carbocycles. The highest BCUT2D eigenvalue weighted by atomic mass is 16.2. The minimum Gasteiger partial charge on any atom is -0.352 e. The van der Waals surface area contributed by atoms with E-state index in [0.29, 0.717) is 12.0 Å². The second-order valence-corrected chi connectivity index (χ2v) is 6.58.